The van der Waals surface area contributed by atoms with Gasteiger partial charge in [0, 0.05) is 23.0 Å². The molecule has 116 valence electrons. The van der Waals surface area contributed by atoms with Crippen LogP contribution in [0.3, 0.4) is 0 Å². The predicted octanol–water partition coefficient (Wildman–Crippen LogP) is 2.90. The van der Waals surface area contributed by atoms with Crippen molar-refractivity contribution in [3.63, 3.8) is 0 Å². The third-order valence-corrected chi connectivity index (χ3v) is 4.75. The monoisotopic (exact) mass is 316 g/mol. The van der Waals surface area contributed by atoms with Gasteiger partial charge in [0.15, 0.2) is 0 Å². The molecule has 1 N–H and O–H groups in total. The number of carbonyl (C=O) groups excluding carboxylic acids is 1. The highest BCUT2D eigenvalue weighted by molar-refractivity contribution is 7.85. The summed E-state index contributed by atoms with van der Waals surface area (Å²) in [5, 5.41) is 4.15. The first-order valence-electron chi connectivity index (χ1n) is 7.15. The molecule has 1 aromatic rings. The Bertz CT molecular complexity index is 677. The van der Waals surface area contributed by atoms with Gasteiger partial charge in [0.1, 0.15) is 0 Å². The van der Waals surface area contributed by atoms with E-state index in [4.69, 9.17) is 0 Å². The largest absolute Gasteiger partial charge is 0.273 e. The summed E-state index contributed by atoms with van der Waals surface area (Å²) >= 11 is 0. The molecule has 1 aliphatic rings. The van der Waals surface area contributed by atoms with E-state index >= 15 is 0 Å². The summed E-state index contributed by atoms with van der Waals surface area (Å²) in [6.45, 7) is 7.58. The van der Waals surface area contributed by atoms with E-state index in [1.165, 1.54) is 0 Å². The highest BCUT2D eigenvalue weighted by Gasteiger charge is 2.21. The average molecular weight is 316 g/mol. The summed E-state index contributed by atoms with van der Waals surface area (Å²) in [5.41, 5.74) is 5.38. The van der Waals surface area contributed by atoms with Gasteiger partial charge in [-0.2, -0.15) is 5.10 Å². The second-order valence-electron chi connectivity index (χ2n) is 5.34. The van der Waals surface area contributed by atoms with Crippen molar-refractivity contribution in [1.29, 1.82) is 0 Å². The quantitative estimate of drug-likeness (QED) is 0.849. The van der Waals surface area contributed by atoms with E-state index in [-0.39, 0.29) is 11.8 Å². The highest BCUT2D eigenvalue weighted by Crippen LogP contribution is 2.19. The second-order valence-corrected chi connectivity index (χ2v) is 6.83. The molecule has 0 aromatic heterocycles. The number of hydrogen-bond acceptors (Lipinski definition) is 3. The van der Waals surface area contributed by atoms with Crippen LogP contribution in [0.4, 0.5) is 0 Å². The Morgan fingerprint density at radius 1 is 1.55 bits per heavy atom. The molecular formula is C17H20N2O2S. The van der Waals surface area contributed by atoms with Crippen LogP contribution in [0, 0.1) is 5.92 Å². The fourth-order valence-electron chi connectivity index (χ4n) is 2.40. The van der Waals surface area contributed by atoms with Crippen LogP contribution in [0.2, 0.25) is 0 Å². The summed E-state index contributed by atoms with van der Waals surface area (Å²) in [4.78, 5) is 12.1. The Morgan fingerprint density at radius 2 is 2.32 bits per heavy atom. The van der Waals surface area contributed by atoms with E-state index in [1.54, 1.807) is 6.08 Å². The van der Waals surface area contributed by atoms with Gasteiger partial charge in [0.2, 0.25) is 5.91 Å². The Hall–Kier alpha value is -2.01. The van der Waals surface area contributed by atoms with Crippen molar-refractivity contribution in [2.24, 2.45) is 11.0 Å². The maximum absolute atomic E-state index is 12.0. The minimum Gasteiger partial charge on any atom is -0.273 e. The van der Waals surface area contributed by atoms with Crippen molar-refractivity contribution in [3.8, 4) is 0 Å². The zero-order valence-corrected chi connectivity index (χ0v) is 13.7. The zero-order valence-electron chi connectivity index (χ0n) is 12.8. The Morgan fingerprint density at radius 3 is 3.00 bits per heavy atom. The maximum Gasteiger partial charge on any atom is 0.240 e. The van der Waals surface area contributed by atoms with Gasteiger partial charge < -0.3 is 0 Å². The minimum absolute atomic E-state index is 0.0501. The molecule has 0 saturated heterocycles. The normalized spacial score (nSPS) is 20.1. The van der Waals surface area contributed by atoms with Gasteiger partial charge in [-0.15, -0.1) is 6.58 Å². The average Bonchev–Trinajstić information content (AvgIpc) is 2.47. The first-order valence-corrected chi connectivity index (χ1v) is 8.47. The number of benzene rings is 1. The molecule has 1 amide bonds. The smallest absolute Gasteiger partial charge is 0.240 e. The number of amides is 1. The van der Waals surface area contributed by atoms with Crippen molar-refractivity contribution >= 4 is 28.5 Å². The molecule has 1 aliphatic heterocycles. The number of nitrogens with one attached hydrogen (secondary N) is 1. The number of allylic oxidation sites excluding steroid dienone is 1. The number of hydrogen-bond donors (Lipinski definition) is 1. The van der Waals surface area contributed by atoms with Gasteiger partial charge in [-0.3, -0.25) is 9.00 Å². The molecule has 1 aromatic carbocycles. The molecule has 2 atom stereocenters. The number of nitrogens with zero attached hydrogens (tertiary/aromatic N) is 1. The van der Waals surface area contributed by atoms with Crippen LogP contribution in [-0.2, 0) is 15.6 Å². The lowest BCUT2D eigenvalue weighted by atomic mass is 9.94. The Labute approximate surface area is 133 Å². The molecule has 22 heavy (non-hydrogen) atoms. The van der Waals surface area contributed by atoms with Gasteiger partial charge in [-0.25, -0.2) is 5.43 Å². The van der Waals surface area contributed by atoms with Crippen LogP contribution in [-0.4, -0.2) is 21.6 Å². The second kappa shape index (κ2) is 7.31. The lowest BCUT2D eigenvalue weighted by molar-refractivity contribution is -0.121. The molecule has 0 fully saturated rings. The number of hydrazone groups is 1. The molecule has 0 bridgehead atoms. The van der Waals surface area contributed by atoms with Crippen LogP contribution >= 0.6 is 0 Å². The first-order chi connectivity index (χ1) is 10.5. The van der Waals surface area contributed by atoms with Gasteiger partial charge >= 0.3 is 0 Å². The molecule has 4 nitrogen and oxygen atoms in total. The highest BCUT2D eigenvalue weighted by atomic mass is 32.2. The van der Waals surface area contributed by atoms with Crippen LogP contribution in [0.5, 0.6) is 0 Å². The van der Waals surface area contributed by atoms with Gasteiger partial charge in [-0.05, 0) is 30.2 Å². The fraction of sp³-hybridized carbons (Fsp3) is 0.294. The van der Waals surface area contributed by atoms with E-state index in [1.807, 2.05) is 44.2 Å². The summed E-state index contributed by atoms with van der Waals surface area (Å²) in [6, 6.07) is 7.62. The minimum atomic E-state index is -1.06. The number of rotatable bonds is 5. The lowest BCUT2D eigenvalue weighted by Crippen LogP contribution is -2.31. The summed E-state index contributed by atoms with van der Waals surface area (Å²) < 4.78 is 12.0. The van der Waals surface area contributed by atoms with E-state index in [9.17, 15) is 9.00 Å². The fourth-order valence-corrected chi connectivity index (χ4v) is 3.31. The summed E-state index contributed by atoms with van der Waals surface area (Å²) in [7, 11) is -1.06. The van der Waals surface area contributed by atoms with Crippen LogP contribution in [0.1, 0.15) is 25.8 Å². The lowest BCUT2D eigenvalue weighted by Gasteiger charge is -2.19. The molecule has 1 heterocycles. The molecule has 0 aliphatic carbocycles. The molecule has 5 heteroatoms. The zero-order chi connectivity index (χ0) is 16.1. The van der Waals surface area contributed by atoms with Crippen LogP contribution < -0.4 is 5.43 Å². The van der Waals surface area contributed by atoms with E-state index in [2.05, 4.69) is 17.1 Å². The molecule has 0 radical (unpaired) electrons. The molecule has 0 saturated carbocycles. The van der Waals surface area contributed by atoms with Crippen LogP contribution in [0.25, 0.3) is 6.08 Å². The van der Waals surface area contributed by atoms with Crippen LogP contribution in [0.15, 0.2) is 52.5 Å². The van der Waals surface area contributed by atoms with Crippen molar-refractivity contribution in [2.75, 3.05) is 5.75 Å². The van der Waals surface area contributed by atoms with Crippen molar-refractivity contribution < 1.29 is 9.00 Å². The van der Waals surface area contributed by atoms with Crippen molar-refractivity contribution in [2.45, 2.75) is 25.2 Å². The third kappa shape index (κ3) is 4.01. The number of carbonyl (C=O) groups is 1. The van der Waals surface area contributed by atoms with Gasteiger partial charge in [0.25, 0.3) is 0 Å². The van der Waals surface area contributed by atoms with Crippen molar-refractivity contribution in [3.05, 3.63) is 48.1 Å². The first kappa shape index (κ1) is 16.4. The maximum atomic E-state index is 12.0. The topological polar surface area (TPSA) is 58.5 Å². The summed E-state index contributed by atoms with van der Waals surface area (Å²) in [5.74, 6) is 0.496. The molecule has 2 rings (SSSR count). The summed E-state index contributed by atoms with van der Waals surface area (Å²) in [6.07, 6.45) is 4.11. The standard InChI is InChI=1S/C17H20N2O2S/c1-4-8-22(21)15-7-5-6-14(11-15)9-12(2)17-13(3)10-16(20)18-19-17/h4-7,9,11,13H,1,8,10H2,2-3H3,(H,18,20). The Balaban J connectivity index is 2.25. The molecular weight excluding hydrogens is 296 g/mol. The predicted molar refractivity (Wildman–Crippen MR) is 90.9 cm³/mol. The molecule has 0 spiro atoms. The SMILES string of the molecule is C=CCS(=O)c1cccc(C=C(C)C2=NNC(=O)CC2C)c1. The van der Waals surface area contributed by atoms with E-state index < -0.39 is 10.8 Å². The van der Waals surface area contributed by atoms with Gasteiger partial charge in [0.05, 0.1) is 16.5 Å². The van der Waals surface area contributed by atoms with E-state index in [0.29, 0.717) is 12.2 Å². The molecule has 2 unspecified atom stereocenters. The Kier molecular flexibility index (Phi) is 5.44. The van der Waals surface area contributed by atoms with Gasteiger partial charge in [-0.1, -0.05) is 31.2 Å². The van der Waals surface area contributed by atoms with E-state index in [0.717, 1.165) is 21.7 Å². The van der Waals surface area contributed by atoms with Crippen molar-refractivity contribution in [1.82, 2.24) is 5.43 Å². The third-order valence-electron chi connectivity index (χ3n) is 3.44.